The zero-order valence-corrected chi connectivity index (χ0v) is 25.9. The minimum absolute atomic E-state index is 0.0975. The maximum Gasteiger partial charge on any atom is 0.317 e. The van der Waals surface area contributed by atoms with Crippen LogP contribution in [0.15, 0.2) is 54.6 Å². The Morgan fingerprint density at radius 3 is 2.46 bits per heavy atom. The monoisotopic (exact) mass is 632 g/mol. The van der Waals surface area contributed by atoms with Gasteiger partial charge in [0, 0.05) is 68.3 Å². The average Bonchev–Trinajstić information content (AvgIpc) is 3.43. The molecule has 10 nitrogen and oxygen atoms in total. The number of amides is 1. The molecule has 12 heteroatoms. The highest BCUT2D eigenvalue weighted by molar-refractivity contribution is 6.11. The smallest absolute Gasteiger partial charge is 0.317 e. The lowest BCUT2D eigenvalue weighted by Gasteiger charge is -2.34. The molecule has 0 aliphatic carbocycles. The average molecular weight is 633 g/mol. The fraction of sp³-hybridized carbons (Fsp3) is 0.382. The third-order valence-corrected chi connectivity index (χ3v) is 8.59. The number of ether oxygens (including phenoxy) is 2. The first kappa shape index (κ1) is 31.4. The van der Waals surface area contributed by atoms with E-state index in [1.165, 1.54) is 0 Å². The summed E-state index contributed by atoms with van der Waals surface area (Å²) in [6.45, 7) is 6.80. The predicted molar refractivity (Wildman–Crippen MR) is 172 cm³/mol. The zero-order chi connectivity index (χ0) is 32.2. The summed E-state index contributed by atoms with van der Waals surface area (Å²) in [5.74, 6) is -3.44. The van der Waals surface area contributed by atoms with Gasteiger partial charge in [-0.2, -0.15) is 5.10 Å². The first-order chi connectivity index (χ1) is 22.3. The summed E-state index contributed by atoms with van der Waals surface area (Å²) >= 11 is 0. The number of aromatic amines is 1. The number of halogens is 2. The normalized spacial score (nSPS) is 16.7. The summed E-state index contributed by atoms with van der Waals surface area (Å²) in [4.78, 5) is 31.5. The van der Waals surface area contributed by atoms with Crippen LogP contribution < -0.4 is 15.5 Å². The van der Waals surface area contributed by atoms with E-state index >= 15 is 0 Å². The molecular formula is C34H38F2N6O4. The number of anilines is 3. The first-order valence-electron chi connectivity index (χ1n) is 15.6. The van der Waals surface area contributed by atoms with Gasteiger partial charge in [0.05, 0.1) is 17.7 Å². The van der Waals surface area contributed by atoms with Crippen LogP contribution in [0.5, 0.6) is 0 Å². The molecule has 0 bridgehead atoms. The van der Waals surface area contributed by atoms with Crippen molar-refractivity contribution in [3.05, 3.63) is 82.9 Å². The number of carbonyl (C=O) groups excluding carboxylic acids is 2. The summed E-state index contributed by atoms with van der Waals surface area (Å²) < 4.78 is 39.2. The van der Waals surface area contributed by atoms with Crippen LogP contribution in [0.1, 0.15) is 47.2 Å². The van der Waals surface area contributed by atoms with Gasteiger partial charge in [-0.3, -0.25) is 14.7 Å². The Morgan fingerprint density at radius 2 is 1.74 bits per heavy atom. The van der Waals surface area contributed by atoms with Gasteiger partial charge in [-0.05, 0) is 80.4 Å². The van der Waals surface area contributed by atoms with Gasteiger partial charge < -0.3 is 29.9 Å². The number of aromatic nitrogens is 2. The molecule has 3 heterocycles. The number of benzene rings is 3. The van der Waals surface area contributed by atoms with Crippen molar-refractivity contribution in [2.24, 2.45) is 0 Å². The summed E-state index contributed by atoms with van der Waals surface area (Å²) in [6, 6.07) is 14.1. The van der Waals surface area contributed by atoms with E-state index in [1.807, 2.05) is 18.2 Å². The van der Waals surface area contributed by atoms with Gasteiger partial charge in [0.25, 0.3) is 5.91 Å². The highest BCUT2D eigenvalue weighted by Gasteiger charge is 2.27. The Kier molecular flexibility index (Phi) is 9.46. The predicted octanol–water partition coefficient (Wildman–Crippen LogP) is 5.13. The van der Waals surface area contributed by atoms with E-state index in [2.05, 4.69) is 37.7 Å². The number of nitrogens with one attached hydrogen (secondary N) is 3. The molecule has 3 N–H and O–H groups in total. The van der Waals surface area contributed by atoms with Crippen LogP contribution in [-0.4, -0.2) is 86.1 Å². The molecule has 2 aliphatic heterocycles. The van der Waals surface area contributed by atoms with Gasteiger partial charge >= 0.3 is 5.97 Å². The molecule has 2 fully saturated rings. The van der Waals surface area contributed by atoms with Gasteiger partial charge in [-0.25, -0.2) is 8.78 Å². The number of nitrogens with zero attached hydrogens (tertiary/aromatic N) is 3. The molecule has 0 spiro atoms. The summed E-state index contributed by atoms with van der Waals surface area (Å²) in [6.07, 6.45) is 1.67. The Labute approximate surface area is 266 Å². The molecule has 242 valence electrons. The zero-order valence-electron chi connectivity index (χ0n) is 25.9. The van der Waals surface area contributed by atoms with E-state index in [9.17, 15) is 18.4 Å². The second-order valence-corrected chi connectivity index (χ2v) is 11.8. The van der Waals surface area contributed by atoms with Gasteiger partial charge in [0.2, 0.25) is 0 Å². The number of hydrogen-bond donors (Lipinski definition) is 3. The Hall–Kier alpha value is -4.55. The molecule has 1 atom stereocenters. The van der Waals surface area contributed by atoms with Crippen molar-refractivity contribution in [2.45, 2.75) is 31.7 Å². The molecule has 4 aromatic rings. The van der Waals surface area contributed by atoms with Crippen LogP contribution in [0.3, 0.4) is 0 Å². The third-order valence-electron chi connectivity index (χ3n) is 8.59. The van der Waals surface area contributed by atoms with E-state index in [-0.39, 0.29) is 29.9 Å². The largest absolute Gasteiger partial charge is 0.465 e. The third kappa shape index (κ3) is 6.97. The second-order valence-electron chi connectivity index (χ2n) is 11.8. The summed E-state index contributed by atoms with van der Waals surface area (Å²) in [5, 5.41) is 14.3. The van der Waals surface area contributed by atoms with Gasteiger partial charge in [-0.15, -0.1) is 0 Å². The standard InChI is InChI=1S/C34H38F2N6O4/c1-3-46-34(44)31(22-16-23(35)19-24(36)17-22)21-4-7-29-28(18-21)32(40-39-29)38-33(43)27-6-5-26(42-12-10-41(2)11-13-42)20-30(27)37-25-8-14-45-15-9-25/h4-7,16-20,25,31,37H,3,8-15H2,1-2H3,(H2,38,39,40,43). The highest BCUT2D eigenvalue weighted by Crippen LogP contribution is 2.33. The molecule has 0 saturated carbocycles. The number of H-pyrrole nitrogens is 1. The van der Waals surface area contributed by atoms with Crippen molar-refractivity contribution in [1.29, 1.82) is 0 Å². The number of likely N-dealkylation sites (N-methyl/N-ethyl adjacent to an activating group) is 1. The molecule has 1 unspecified atom stereocenters. The van der Waals surface area contributed by atoms with Crippen LogP contribution >= 0.6 is 0 Å². The molecule has 1 aromatic heterocycles. The van der Waals surface area contributed by atoms with E-state index in [0.717, 1.165) is 68.6 Å². The first-order valence-corrected chi connectivity index (χ1v) is 15.6. The van der Waals surface area contributed by atoms with Crippen LogP contribution in [0.25, 0.3) is 10.9 Å². The molecule has 6 rings (SSSR count). The van der Waals surface area contributed by atoms with Crippen LogP contribution in [0.4, 0.5) is 26.0 Å². The summed E-state index contributed by atoms with van der Waals surface area (Å²) in [5.41, 5.74) is 3.42. The molecule has 2 saturated heterocycles. The topological polar surface area (TPSA) is 112 Å². The maximum atomic E-state index is 14.2. The maximum absolute atomic E-state index is 14.2. The number of esters is 1. The fourth-order valence-electron chi connectivity index (χ4n) is 6.09. The Bertz CT molecular complexity index is 1700. The lowest BCUT2D eigenvalue weighted by Crippen LogP contribution is -2.44. The molecule has 3 aromatic carbocycles. The number of hydrogen-bond acceptors (Lipinski definition) is 8. The van der Waals surface area contributed by atoms with E-state index in [4.69, 9.17) is 9.47 Å². The van der Waals surface area contributed by atoms with Gasteiger partial charge in [0.15, 0.2) is 5.82 Å². The number of fused-ring (bicyclic) bond motifs is 1. The van der Waals surface area contributed by atoms with Crippen LogP contribution in [0.2, 0.25) is 0 Å². The van der Waals surface area contributed by atoms with E-state index < -0.39 is 23.5 Å². The van der Waals surface area contributed by atoms with Crippen molar-refractivity contribution in [3.8, 4) is 0 Å². The van der Waals surface area contributed by atoms with Gasteiger partial charge in [-0.1, -0.05) is 6.07 Å². The van der Waals surface area contributed by atoms with Crippen LogP contribution in [-0.2, 0) is 14.3 Å². The number of piperazine rings is 1. The molecule has 46 heavy (non-hydrogen) atoms. The molecule has 0 radical (unpaired) electrons. The minimum atomic E-state index is -1.09. The van der Waals surface area contributed by atoms with Crippen molar-refractivity contribution < 1.29 is 27.8 Å². The number of rotatable bonds is 9. The Morgan fingerprint density at radius 1 is 1.00 bits per heavy atom. The SMILES string of the molecule is CCOC(=O)C(c1cc(F)cc(F)c1)c1ccc2[nH]nc(NC(=O)c3ccc(N4CCN(C)CC4)cc3NC3CCOCC3)c2c1. The molecular weight excluding hydrogens is 594 g/mol. The van der Waals surface area contributed by atoms with E-state index in [1.54, 1.807) is 25.1 Å². The van der Waals surface area contributed by atoms with Crippen molar-refractivity contribution in [2.75, 3.05) is 68.6 Å². The number of carbonyl (C=O) groups is 2. The van der Waals surface area contributed by atoms with Crippen LogP contribution in [0, 0.1) is 11.6 Å². The lowest BCUT2D eigenvalue weighted by atomic mass is 9.90. The summed E-state index contributed by atoms with van der Waals surface area (Å²) in [7, 11) is 2.11. The second kappa shape index (κ2) is 13.8. The van der Waals surface area contributed by atoms with E-state index in [0.29, 0.717) is 35.2 Å². The Balaban J connectivity index is 1.31. The van der Waals surface area contributed by atoms with Crippen molar-refractivity contribution in [1.82, 2.24) is 15.1 Å². The minimum Gasteiger partial charge on any atom is -0.465 e. The highest BCUT2D eigenvalue weighted by atomic mass is 19.1. The van der Waals surface area contributed by atoms with Crippen molar-refractivity contribution in [3.63, 3.8) is 0 Å². The van der Waals surface area contributed by atoms with Crippen molar-refractivity contribution >= 4 is 40.0 Å². The molecule has 2 aliphatic rings. The lowest BCUT2D eigenvalue weighted by molar-refractivity contribution is -0.143. The quantitative estimate of drug-likeness (QED) is 0.218. The fourth-order valence-corrected chi connectivity index (χ4v) is 6.09. The molecule has 1 amide bonds. The van der Waals surface area contributed by atoms with Gasteiger partial charge in [0.1, 0.15) is 17.6 Å².